The normalized spacial score (nSPS) is 13.0. The number of aryl methyl sites for hydroxylation is 1. The van der Waals surface area contributed by atoms with Crippen LogP contribution >= 0.6 is 11.3 Å². The van der Waals surface area contributed by atoms with Crippen LogP contribution in [-0.4, -0.2) is 19.7 Å². The molecule has 0 unspecified atom stereocenters. The number of benzene rings is 1. The molecule has 0 radical (unpaired) electrons. The lowest BCUT2D eigenvalue weighted by Crippen LogP contribution is -2.18. The lowest BCUT2D eigenvalue weighted by Gasteiger charge is -2.15. The van der Waals surface area contributed by atoms with E-state index in [0.717, 1.165) is 29.8 Å². The molecule has 2 rings (SSSR count). The highest BCUT2D eigenvalue weighted by Gasteiger charge is 2.09. The van der Waals surface area contributed by atoms with Crippen molar-refractivity contribution in [2.45, 2.75) is 32.9 Å². The molecule has 1 aromatic heterocycles. The number of rotatable bonds is 7. The number of hydrogen-bond donors (Lipinski definition) is 2. The molecule has 2 N–H and O–H groups in total. The van der Waals surface area contributed by atoms with Crippen molar-refractivity contribution in [2.75, 3.05) is 11.0 Å². The molecule has 0 spiro atoms. The second-order valence-electron chi connectivity index (χ2n) is 5.18. The molecule has 2 aromatic rings. The van der Waals surface area contributed by atoms with Crippen LogP contribution in [0.1, 0.15) is 35.3 Å². The maximum absolute atomic E-state index is 11.3. The molecule has 1 heterocycles. The zero-order valence-corrected chi connectivity index (χ0v) is 14.6. The predicted molar refractivity (Wildman–Crippen MR) is 91.7 cm³/mol. The van der Waals surface area contributed by atoms with Crippen LogP contribution in [0.15, 0.2) is 30.5 Å². The first-order valence-electron chi connectivity index (χ1n) is 7.12. The summed E-state index contributed by atoms with van der Waals surface area (Å²) in [5.74, 6) is 0. The summed E-state index contributed by atoms with van der Waals surface area (Å²) < 4.78 is 25.1. The summed E-state index contributed by atoms with van der Waals surface area (Å²) in [7, 11) is -3.25. The molecule has 1 atom stereocenters. The van der Waals surface area contributed by atoms with Gasteiger partial charge in [-0.1, -0.05) is 19.1 Å². The van der Waals surface area contributed by atoms with Gasteiger partial charge in [0.25, 0.3) is 0 Å². The second kappa shape index (κ2) is 7.21. The highest BCUT2D eigenvalue weighted by molar-refractivity contribution is 7.92. The van der Waals surface area contributed by atoms with E-state index in [4.69, 9.17) is 0 Å². The summed E-state index contributed by atoms with van der Waals surface area (Å²) in [6, 6.07) is 7.54. The maximum atomic E-state index is 11.3. The summed E-state index contributed by atoms with van der Waals surface area (Å²) in [6.07, 6.45) is 4.01. The summed E-state index contributed by atoms with van der Waals surface area (Å²) >= 11 is 1.72. The Bertz CT molecular complexity index is 726. The minimum Gasteiger partial charge on any atom is -0.305 e. The highest BCUT2D eigenvalue weighted by Crippen LogP contribution is 2.20. The van der Waals surface area contributed by atoms with Crippen molar-refractivity contribution in [3.8, 4) is 0 Å². The van der Waals surface area contributed by atoms with Crippen LogP contribution in [0.25, 0.3) is 0 Å². The number of nitrogens with zero attached hydrogens (tertiary/aromatic N) is 1. The quantitative estimate of drug-likeness (QED) is 0.813. The predicted octanol–water partition coefficient (Wildman–Crippen LogP) is 2.93. The smallest absolute Gasteiger partial charge is 0.229 e. The molecule has 120 valence electrons. The fourth-order valence-electron chi connectivity index (χ4n) is 2.05. The van der Waals surface area contributed by atoms with Gasteiger partial charge >= 0.3 is 0 Å². The van der Waals surface area contributed by atoms with Crippen LogP contribution in [0.2, 0.25) is 0 Å². The van der Waals surface area contributed by atoms with Gasteiger partial charge in [0.1, 0.15) is 0 Å². The van der Waals surface area contributed by atoms with Crippen LogP contribution in [-0.2, 0) is 23.0 Å². The first kappa shape index (κ1) is 16.9. The molecule has 0 saturated carbocycles. The van der Waals surface area contributed by atoms with Gasteiger partial charge in [0, 0.05) is 29.3 Å². The number of anilines is 1. The van der Waals surface area contributed by atoms with Gasteiger partial charge in [-0.3, -0.25) is 4.72 Å². The Hall–Kier alpha value is -1.44. The molecule has 0 aliphatic heterocycles. The Kier molecular flexibility index (Phi) is 5.55. The Morgan fingerprint density at radius 2 is 2.14 bits per heavy atom. The molecular formula is C15H21N3O2S2. The lowest BCUT2D eigenvalue weighted by atomic mass is 10.1. The van der Waals surface area contributed by atoms with Crippen molar-refractivity contribution < 1.29 is 8.42 Å². The van der Waals surface area contributed by atoms with Gasteiger partial charge < -0.3 is 5.32 Å². The van der Waals surface area contributed by atoms with Gasteiger partial charge in [0.05, 0.1) is 11.3 Å². The third-order valence-corrected chi connectivity index (χ3v) is 4.92. The lowest BCUT2D eigenvalue weighted by molar-refractivity contribution is 0.578. The van der Waals surface area contributed by atoms with Gasteiger partial charge in [-0.25, -0.2) is 13.4 Å². The van der Waals surface area contributed by atoms with Crippen molar-refractivity contribution >= 4 is 27.0 Å². The molecular weight excluding hydrogens is 318 g/mol. The van der Waals surface area contributed by atoms with Crippen LogP contribution in [0.5, 0.6) is 0 Å². The van der Waals surface area contributed by atoms with E-state index in [2.05, 4.69) is 28.9 Å². The summed E-state index contributed by atoms with van der Waals surface area (Å²) in [6.45, 7) is 4.91. The first-order valence-corrected chi connectivity index (χ1v) is 9.83. The molecule has 0 aliphatic carbocycles. The number of nitrogens with one attached hydrogen (secondary N) is 2. The van der Waals surface area contributed by atoms with E-state index < -0.39 is 10.0 Å². The number of aromatic nitrogens is 1. The van der Waals surface area contributed by atoms with Gasteiger partial charge in [-0.15, -0.1) is 11.3 Å². The summed E-state index contributed by atoms with van der Waals surface area (Å²) in [5.41, 5.74) is 1.62. The van der Waals surface area contributed by atoms with E-state index >= 15 is 0 Å². The molecule has 1 aromatic carbocycles. The van der Waals surface area contributed by atoms with E-state index in [1.54, 1.807) is 17.4 Å². The van der Waals surface area contributed by atoms with Gasteiger partial charge in [0.2, 0.25) is 10.0 Å². The fraction of sp³-hybridized carbons (Fsp3) is 0.400. The first-order chi connectivity index (χ1) is 10.4. The van der Waals surface area contributed by atoms with E-state index in [9.17, 15) is 8.42 Å². The highest BCUT2D eigenvalue weighted by atomic mass is 32.2. The largest absolute Gasteiger partial charge is 0.305 e. The van der Waals surface area contributed by atoms with Crippen molar-refractivity contribution in [2.24, 2.45) is 0 Å². The zero-order chi connectivity index (χ0) is 16.2. The van der Waals surface area contributed by atoms with E-state index in [1.165, 1.54) is 4.88 Å². The van der Waals surface area contributed by atoms with Crippen molar-refractivity contribution in [1.82, 2.24) is 10.3 Å². The van der Waals surface area contributed by atoms with Gasteiger partial charge in [-0.05, 0) is 31.0 Å². The molecule has 7 heteroatoms. The Morgan fingerprint density at radius 3 is 2.77 bits per heavy atom. The molecule has 0 fully saturated rings. The molecule has 0 saturated heterocycles. The standard InChI is InChI=1S/C15H21N3O2S2/c1-4-15-17-10-14(21-15)9-16-11(2)12-6-5-7-13(8-12)18-22(3,19)20/h5-8,10-11,16,18H,4,9H2,1-3H3/t11-/m0/s1. The summed E-state index contributed by atoms with van der Waals surface area (Å²) in [5, 5.41) is 4.58. The van der Waals surface area contributed by atoms with E-state index in [0.29, 0.717) is 5.69 Å². The SMILES string of the molecule is CCc1ncc(CN[C@@H](C)c2cccc(NS(C)(=O)=O)c2)s1. The van der Waals surface area contributed by atoms with Crippen molar-refractivity contribution in [3.63, 3.8) is 0 Å². The third-order valence-electron chi connectivity index (χ3n) is 3.18. The topological polar surface area (TPSA) is 71.1 Å². The molecule has 22 heavy (non-hydrogen) atoms. The van der Waals surface area contributed by atoms with Crippen molar-refractivity contribution in [3.05, 3.63) is 45.9 Å². The van der Waals surface area contributed by atoms with E-state index in [1.807, 2.05) is 24.4 Å². The van der Waals surface area contributed by atoms with Gasteiger partial charge in [0.15, 0.2) is 0 Å². The Balaban J connectivity index is 1.99. The Labute approximate surface area is 135 Å². The van der Waals surface area contributed by atoms with Gasteiger partial charge in [-0.2, -0.15) is 0 Å². The maximum Gasteiger partial charge on any atom is 0.229 e. The molecule has 5 nitrogen and oxygen atoms in total. The number of hydrogen-bond acceptors (Lipinski definition) is 5. The van der Waals surface area contributed by atoms with Crippen LogP contribution in [0.4, 0.5) is 5.69 Å². The van der Waals surface area contributed by atoms with Crippen LogP contribution < -0.4 is 10.0 Å². The molecule has 0 aliphatic rings. The fourth-order valence-corrected chi connectivity index (χ4v) is 3.42. The average molecular weight is 339 g/mol. The third kappa shape index (κ3) is 5.08. The Morgan fingerprint density at radius 1 is 1.36 bits per heavy atom. The second-order valence-corrected chi connectivity index (χ2v) is 8.12. The molecule has 0 bridgehead atoms. The molecule has 0 amide bonds. The van der Waals surface area contributed by atoms with E-state index in [-0.39, 0.29) is 6.04 Å². The minimum absolute atomic E-state index is 0.119. The summed E-state index contributed by atoms with van der Waals surface area (Å²) in [4.78, 5) is 5.54. The number of thiazole rings is 1. The minimum atomic E-state index is -3.25. The monoisotopic (exact) mass is 339 g/mol. The van der Waals surface area contributed by atoms with Crippen molar-refractivity contribution in [1.29, 1.82) is 0 Å². The average Bonchev–Trinajstić information content (AvgIpc) is 2.91. The zero-order valence-electron chi connectivity index (χ0n) is 13.0. The van der Waals surface area contributed by atoms with Crippen LogP contribution in [0, 0.1) is 0 Å². The van der Waals surface area contributed by atoms with Crippen LogP contribution in [0.3, 0.4) is 0 Å². The number of sulfonamides is 1.